The van der Waals surface area contributed by atoms with Gasteiger partial charge in [0, 0.05) is 12.4 Å². The van der Waals surface area contributed by atoms with E-state index in [1.165, 1.54) is 4.90 Å². The summed E-state index contributed by atoms with van der Waals surface area (Å²) in [5.41, 5.74) is 0.0331. The van der Waals surface area contributed by atoms with E-state index in [9.17, 15) is 9.18 Å². The van der Waals surface area contributed by atoms with Crippen LogP contribution in [0.3, 0.4) is 0 Å². The third kappa shape index (κ3) is 3.67. The number of ether oxygens (including phenoxy) is 1. The highest BCUT2D eigenvalue weighted by Crippen LogP contribution is 2.21. The van der Waals surface area contributed by atoms with Gasteiger partial charge in [0.1, 0.15) is 11.4 Å². The summed E-state index contributed by atoms with van der Waals surface area (Å²) in [6.45, 7) is 5.78. The van der Waals surface area contributed by atoms with Crippen LogP contribution in [-0.2, 0) is 4.74 Å². The van der Waals surface area contributed by atoms with Crippen molar-refractivity contribution < 1.29 is 13.9 Å². The summed E-state index contributed by atoms with van der Waals surface area (Å²) in [7, 11) is 0. The summed E-state index contributed by atoms with van der Waals surface area (Å²) in [6, 6.07) is 0. The normalized spacial score (nSPS) is 17.7. The maximum Gasteiger partial charge on any atom is 0.410 e. The topological polar surface area (TPSA) is 29.5 Å². The van der Waals surface area contributed by atoms with E-state index in [4.69, 9.17) is 16.3 Å². The number of rotatable bonds is 1. The van der Waals surface area contributed by atoms with Gasteiger partial charge in [-0.2, -0.15) is 0 Å². The van der Waals surface area contributed by atoms with Crippen molar-refractivity contribution in [3.63, 3.8) is 0 Å². The highest BCUT2D eigenvalue weighted by atomic mass is 35.5. The van der Waals surface area contributed by atoms with E-state index >= 15 is 0 Å². The second kappa shape index (κ2) is 5.04. The van der Waals surface area contributed by atoms with Gasteiger partial charge in [0.15, 0.2) is 0 Å². The van der Waals surface area contributed by atoms with Crippen molar-refractivity contribution in [3.8, 4) is 0 Å². The van der Waals surface area contributed by atoms with Crippen LogP contribution in [0.5, 0.6) is 0 Å². The molecular weight excluding hydrogens is 233 g/mol. The maximum absolute atomic E-state index is 13.4. The van der Waals surface area contributed by atoms with Crippen LogP contribution in [0, 0.1) is 0 Å². The molecule has 0 radical (unpaired) electrons. The lowest BCUT2D eigenvalue weighted by atomic mass is 10.1. The predicted molar refractivity (Wildman–Crippen MR) is 61.3 cm³/mol. The molecule has 0 aliphatic carbocycles. The largest absolute Gasteiger partial charge is 0.444 e. The molecule has 0 aromatic carbocycles. The number of amides is 1. The molecule has 0 fully saturated rings. The first-order valence-electron chi connectivity index (χ1n) is 5.24. The minimum Gasteiger partial charge on any atom is -0.444 e. The van der Waals surface area contributed by atoms with Gasteiger partial charge >= 0.3 is 6.09 Å². The summed E-state index contributed by atoms with van der Waals surface area (Å²) in [6.07, 6.45) is 0.00506. The molecule has 0 saturated heterocycles. The Morgan fingerprint density at radius 1 is 1.56 bits per heavy atom. The SMILES string of the molecule is CC(C)(C)OC(=O)N1CCC(CCl)=C(F)C1. The molecule has 0 atom stereocenters. The van der Waals surface area contributed by atoms with Gasteiger partial charge < -0.3 is 9.64 Å². The summed E-state index contributed by atoms with van der Waals surface area (Å²) >= 11 is 5.58. The Balaban J connectivity index is 2.59. The monoisotopic (exact) mass is 249 g/mol. The highest BCUT2D eigenvalue weighted by molar-refractivity contribution is 6.19. The molecule has 0 bridgehead atoms. The van der Waals surface area contributed by atoms with Gasteiger partial charge in [-0.25, -0.2) is 9.18 Å². The van der Waals surface area contributed by atoms with Gasteiger partial charge in [0.25, 0.3) is 0 Å². The number of hydrogen-bond acceptors (Lipinski definition) is 2. The maximum atomic E-state index is 13.4. The average molecular weight is 250 g/mol. The highest BCUT2D eigenvalue weighted by Gasteiger charge is 2.26. The Hall–Kier alpha value is -0.770. The van der Waals surface area contributed by atoms with Crippen LogP contribution >= 0.6 is 11.6 Å². The molecule has 0 N–H and O–H groups in total. The van der Waals surface area contributed by atoms with Gasteiger partial charge in [-0.15, -0.1) is 11.6 Å². The van der Waals surface area contributed by atoms with Crippen LogP contribution in [0.1, 0.15) is 27.2 Å². The van der Waals surface area contributed by atoms with Crippen LogP contribution < -0.4 is 0 Å². The molecule has 0 unspecified atom stereocenters. The van der Waals surface area contributed by atoms with Crippen LogP contribution in [0.4, 0.5) is 9.18 Å². The second-order valence-corrected chi connectivity index (χ2v) is 5.06. The van der Waals surface area contributed by atoms with Crippen molar-refractivity contribution in [1.29, 1.82) is 0 Å². The van der Waals surface area contributed by atoms with E-state index in [0.717, 1.165) is 0 Å². The standard InChI is InChI=1S/C11H17ClFNO2/c1-11(2,3)16-10(15)14-5-4-8(6-12)9(13)7-14/h4-7H2,1-3H3. The summed E-state index contributed by atoms with van der Waals surface area (Å²) in [5.74, 6) is -0.124. The molecule has 1 heterocycles. The van der Waals surface area contributed by atoms with Crippen molar-refractivity contribution >= 4 is 17.7 Å². The number of carbonyl (C=O) groups excluding carboxylic acids is 1. The van der Waals surface area contributed by atoms with Gasteiger partial charge in [-0.05, 0) is 32.8 Å². The first kappa shape index (κ1) is 13.3. The zero-order valence-electron chi connectivity index (χ0n) is 9.85. The molecule has 0 saturated carbocycles. The van der Waals surface area contributed by atoms with Gasteiger partial charge in [-0.3, -0.25) is 0 Å². The van der Waals surface area contributed by atoms with E-state index < -0.39 is 11.7 Å². The number of nitrogens with zero attached hydrogens (tertiary/aromatic N) is 1. The molecule has 16 heavy (non-hydrogen) atoms. The predicted octanol–water partition coefficient (Wildman–Crippen LogP) is 3.09. The fourth-order valence-electron chi connectivity index (χ4n) is 1.39. The van der Waals surface area contributed by atoms with Crippen molar-refractivity contribution in [2.45, 2.75) is 32.8 Å². The molecule has 1 aliphatic heterocycles. The van der Waals surface area contributed by atoms with Gasteiger partial charge in [-0.1, -0.05) is 0 Å². The number of hydrogen-bond donors (Lipinski definition) is 0. The Labute approximate surface area is 100 Å². The van der Waals surface area contributed by atoms with Crippen LogP contribution in [0.25, 0.3) is 0 Å². The zero-order chi connectivity index (χ0) is 12.3. The van der Waals surface area contributed by atoms with Crippen molar-refractivity contribution in [3.05, 3.63) is 11.4 Å². The third-order valence-corrected chi connectivity index (χ3v) is 2.53. The number of halogens is 2. The molecule has 0 aromatic rings. The van der Waals surface area contributed by atoms with Crippen molar-refractivity contribution in [2.24, 2.45) is 0 Å². The minimum absolute atomic E-state index is 0.0308. The Kier molecular flexibility index (Phi) is 4.19. The average Bonchev–Trinajstić information content (AvgIpc) is 2.15. The quantitative estimate of drug-likeness (QED) is 0.669. The zero-order valence-corrected chi connectivity index (χ0v) is 10.6. The fraction of sp³-hybridized carbons (Fsp3) is 0.727. The van der Waals surface area contributed by atoms with Crippen molar-refractivity contribution in [2.75, 3.05) is 19.0 Å². The number of alkyl halides is 1. The van der Waals surface area contributed by atoms with Crippen molar-refractivity contribution in [1.82, 2.24) is 4.90 Å². The van der Waals surface area contributed by atoms with Gasteiger partial charge in [0.05, 0.1) is 6.54 Å². The molecule has 3 nitrogen and oxygen atoms in total. The first-order chi connectivity index (χ1) is 7.33. The summed E-state index contributed by atoms with van der Waals surface area (Å²) in [5, 5.41) is 0. The minimum atomic E-state index is -0.552. The van der Waals surface area contributed by atoms with E-state index in [1.807, 2.05) is 0 Å². The molecule has 0 spiro atoms. The molecular formula is C11H17ClFNO2. The molecule has 1 rings (SSSR count). The lowest BCUT2D eigenvalue weighted by Crippen LogP contribution is -2.40. The molecule has 1 amide bonds. The second-order valence-electron chi connectivity index (χ2n) is 4.79. The summed E-state index contributed by atoms with van der Waals surface area (Å²) < 4.78 is 18.6. The van der Waals surface area contributed by atoms with E-state index in [0.29, 0.717) is 18.5 Å². The Morgan fingerprint density at radius 2 is 2.19 bits per heavy atom. The smallest absolute Gasteiger partial charge is 0.410 e. The first-order valence-corrected chi connectivity index (χ1v) is 5.77. The lowest BCUT2D eigenvalue weighted by molar-refractivity contribution is 0.0247. The molecule has 5 heteroatoms. The fourth-order valence-corrected chi connectivity index (χ4v) is 1.66. The lowest BCUT2D eigenvalue weighted by Gasteiger charge is -2.30. The molecule has 0 aromatic heterocycles. The molecule has 1 aliphatic rings. The van der Waals surface area contributed by atoms with E-state index in [1.54, 1.807) is 20.8 Å². The van der Waals surface area contributed by atoms with E-state index in [-0.39, 0.29) is 18.3 Å². The molecule has 92 valence electrons. The Bertz CT molecular complexity index is 310. The van der Waals surface area contributed by atoms with E-state index in [2.05, 4.69) is 0 Å². The van der Waals surface area contributed by atoms with Crippen LogP contribution in [-0.4, -0.2) is 35.6 Å². The van der Waals surface area contributed by atoms with Crippen LogP contribution in [0.2, 0.25) is 0 Å². The van der Waals surface area contributed by atoms with Gasteiger partial charge in [0.2, 0.25) is 0 Å². The third-order valence-electron chi connectivity index (χ3n) is 2.21. The number of carbonyl (C=O) groups is 1. The Morgan fingerprint density at radius 3 is 2.62 bits per heavy atom. The summed E-state index contributed by atoms with van der Waals surface area (Å²) in [4.78, 5) is 13.0. The van der Waals surface area contributed by atoms with Crippen LogP contribution in [0.15, 0.2) is 11.4 Å².